The Bertz CT molecular complexity index is 417. The lowest BCUT2D eigenvalue weighted by molar-refractivity contribution is 0.580. The summed E-state index contributed by atoms with van der Waals surface area (Å²) >= 11 is 0. The molecule has 0 N–H and O–H groups in total. The molecule has 15 heavy (non-hydrogen) atoms. The highest BCUT2D eigenvalue weighted by molar-refractivity contribution is 7.19. The second-order valence-corrected chi connectivity index (χ2v) is 5.24. The van der Waals surface area contributed by atoms with Crippen LogP contribution in [-0.4, -0.2) is 0 Å². The van der Waals surface area contributed by atoms with Crippen molar-refractivity contribution in [3.63, 3.8) is 0 Å². The molecule has 0 fully saturated rings. The van der Waals surface area contributed by atoms with Gasteiger partial charge in [0, 0.05) is 5.16 Å². The number of hydrogen-bond acceptors (Lipinski definition) is 0. The summed E-state index contributed by atoms with van der Waals surface area (Å²) in [7, 11) is 3.01. The van der Waals surface area contributed by atoms with E-state index >= 15 is 0 Å². The van der Waals surface area contributed by atoms with E-state index in [2.05, 4.69) is 71.7 Å². The Morgan fingerprint density at radius 3 is 2.60 bits per heavy atom. The second-order valence-electron chi connectivity index (χ2n) is 4.28. The first-order chi connectivity index (χ1) is 7.14. The highest BCUT2D eigenvalue weighted by atomic mass is 31.0. The van der Waals surface area contributed by atoms with Crippen molar-refractivity contribution in [2.75, 3.05) is 0 Å². The van der Waals surface area contributed by atoms with E-state index in [1.807, 2.05) is 0 Å². The molecule has 3 atom stereocenters. The minimum absolute atomic E-state index is 0.0695. The lowest BCUT2D eigenvalue weighted by Crippen LogP contribution is -2.25. The van der Waals surface area contributed by atoms with Crippen LogP contribution in [0.15, 0.2) is 48.6 Å². The Labute approximate surface area is 94.3 Å². The zero-order valence-corrected chi connectivity index (χ0v) is 10.4. The van der Waals surface area contributed by atoms with E-state index in [-0.39, 0.29) is 5.16 Å². The molecular formula is C14H17P. The smallest absolute Gasteiger partial charge is 0.0340 e. The monoisotopic (exact) mass is 216 g/mol. The number of allylic oxidation sites excluding steroid dienone is 4. The molecule has 2 rings (SSSR count). The summed E-state index contributed by atoms with van der Waals surface area (Å²) in [6.07, 6.45) is 8.81. The molecule has 78 valence electrons. The maximum atomic E-state index is 3.01. The van der Waals surface area contributed by atoms with Gasteiger partial charge in [-0.05, 0) is 24.0 Å². The third kappa shape index (κ3) is 1.79. The molecular weight excluding hydrogens is 199 g/mol. The summed E-state index contributed by atoms with van der Waals surface area (Å²) < 4.78 is 0. The molecule has 0 bridgehead atoms. The van der Waals surface area contributed by atoms with Crippen LogP contribution in [0.5, 0.6) is 0 Å². The third-order valence-corrected chi connectivity index (χ3v) is 4.28. The van der Waals surface area contributed by atoms with Gasteiger partial charge in [0.1, 0.15) is 0 Å². The molecule has 0 spiro atoms. The van der Waals surface area contributed by atoms with E-state index in [0.717, 1.165) is 0 Å². The highest BCUT2D eigenvalue weighted by Crippen LogP contribution is 2.44. The van der Waals surface area contributed by atoms with Gasteiger partial charge in [0.15, 0.2) is 0 Å². The number of benzene rings is 1. The summed E-state index contributed by atoms with van der Waals surface area (Å²) in [6, 6.07) is 8.62. The van der Waals surface area contributed by atoms with Crippen molar-refractivity contribution in [3.05, 3.63) is 59.7 Å². The maximum absolute atomic E-state index is 3.01. The van der Waals surface area contributed by atoms with Crippen molar-refractivity contribution < 1.29 is 0 Å². The fourth-order valence-electron chi connectivity index (χ4n) is 2.15. The van der Waals surface area contributed by atoms with E-state index in [9.17, 15) is 0 Å². The predicted octanol–water partition coefficient (Wildman–Crippen LogP) is 3.83. The minimum Gasteiger partial charge on any atom is -0.122 e. The van der Waals surface area contributed by atoms with Crippen LogP contribution in [0, 0.1) is 12.8 Å². The third-order valence-electron chi connectivity index (χ3n) is 3.25. The largest absolute Gasteiger partial charge is 0.122 e. The Balaban J connectivity index is 2.50. The molecule has 3 unspecified atom stereocenters. The molecule has 1 aliphatic rings. The SMILES string of the molecule is Cc1ccccc1C1(P)C=CC=CC1C. The summed E-state index contributed by atoms with van der Waals surface area (Å²) in [5.41, 5.74) is 2.77. The molecule has 0 aromatic heterocycles. The first-order valence-electron chi connectivity index (χ1n) is 5.35. The van der Waals surface area contributed by atoms with Crippen molar-refractivity contribution in [1.29, 1.82) is 0 Å². The van der Waals surface area contributed by atoms with Crippen molar-refractivity contribution in [1.82, 2.24) is 0 Å². The van der Waals surface area contributed by atoms with Gasteiger partial charge in [0.05, 0.1) is 0 Å². The van der Waals surface area contributed by atoms with Crippen LogP contribution in [0.3, 0.4) is 0 Å². The van der Waals surface area contributed by atoms with E-state index in [0.29, 0.717) is 5.92 Å². The van der Waals surface area contributed by atoms with Crippen molar-refractivity contribution >= 4 is 9.24 Å². The van der Waals surface area contributed by atoms with Gasteiger partial charge in [-0.2, -0.15) is 0 Å². The highest BCUT2D eigenvalue weighted by Gasteiger charge is 2.31. The van der Waals surface area contributed by atoms with Gasteiger partial charge in [-0.15, -0.1) is 9.24 Å². The average molecular weight is 216 g/mol. The molecule has 1 heteroatoms. The van der Waals surface area contributed by atoms with Crippen LogP contribution in [0.2, 0.25) is 0 Å². The van der Waals surface area contributed by atoms with Gasteiger partial charge in [-0.1, -0.05) is 55.5 Å². The summed E-state index contributed by atoms with van der Waals surface area (Å²) in [6.45, 7) is 4.44. The Kier molecular flexibility index (Phi) is 2.80. The van der Waals surface area contributed by atoms with Crippen LogP contribution in [0.1, 0.15) is 18.1 Å². The quantitative estimate of drug-likeness (QED) is 0.626. The summed E-state index contributed by atoms with van der Waals surface area (Å²) in [4.78, 5) is 0. The molecule has 0 amide bonds. The van der Waals surface area contributed by atoms with E-state index in [4.69, 9.17) is 0 Å². The Morgan fingerprint density at radius 2 is 1.93 bits per heavy atom. The fourth-order valence-corrected chi connectivity index (χ4v) is 2.70. The van der Waals surface area contributed by atoms with Gasteiger partial charge >= 0.3 is 0 Å². The van der Waals surface area contributed by atoms with Gasteiger partial charge in [-0.3, -0.25) is 0 Å². The standard InChI is InChI=1S/C14H17P/c1-11-7-3-4-9-13(11)14(15)10-6-5-8-12(14)2/h3-10,12H,15H2,1-2H3. The van der Waals surface area contributed by atoms with Crippen LogP contribution in [0.4, 0.5) is 0 Å². The van der Waals surface area contributed by atoms with E-state index in [1.165, 1.54) is 11.1 Å². The van der Waals surface area contributed by atoms with Crippen molar-refractivity contribution in [2.24, 2.45) is 5.92 Å². The zero-order chi connectivity index (χ0) is 10.9. The Hall–Kier alpha value is -0.870. The van der Waals surface area contributed by atoms with Crippen LogP contribution >= 0.6 is 9.24 Å². The molecule has 0 saturated carbocycles. The number of hydrogen-bond donors (Lipinski definition) is 0. The average Bonchev–Trinajstić information content (AvgIpc) is 2.23. The van der Waals surface area contributed by atoms with Gasteiger partial charge < -0.3 is 0 Å². The fraction of sp³-hybridized carbons (Fsp3) is 0.286. The van der Waals surface area contributed by atoms with E-state index < -0.39 is 0 Å². The first kappa shape index (κ1) is 10.6. The number of rotatable bonds is 1. The van der Waals surface area contributed by atoms with Crippen LogP contribution < -0.4 is 0 Å². The van der Waals surface area contributed by atoms with Crippen molar-refractivity contribution in [2.45, 2.75) is 19.0 Å². The van der Waals surface area contributed by atoms with Crippen molar-refractivity contribution in [3.8, 4) is 0 Å². The number of aryl methyl sites for hydroxylation is 1. The zero-order valence-electron chi connectivity index (χ0n) is 9.27. The van der Waals surface area contributed by atoms with Crippen LogP contribution in [0.25, 0.3) is 0 Å². The summed E-state index contributed by atoms with van der Waals surface area (Å²) in [5, 5.41) is 0.0695. The molecule has 1 aromatic rings. The first-order valence-corrected chi connectivity index (χ1v) is 5.93. The Morgan fingerprint density at radius 1 is 1.20 bits per heavy atom. The molecule has 0 nitrogen and oxygen atoms in total. The van der Waals surface area contributed by atoms with E-state index in [1.54, 1.807) is 0 Å². The maximum Gasteiger partial charge on any atom is 0.0340 e. The molecule has 1 aliphatic carbocycles. The normalized spacial score (nSPS) is 29.4. The summed E-state index contributed by atoms with van der Waals surface area (Å²) in [5.74, 6) is 0.522. The lowest BCUT2D eigenvalue weighted by Gasteiger charge is -2.34. The molecule has 0 heterocycles. The topological polar surface area (TPSA) is 0 Å². The lowest BCUT2D eigenvalue weighted by atomic mass is 9.81. The molecule has 0 saturated heterocycles. The van der Waals surface area contributed by atoms with Gasteiger partial charge in [0.25, 0.3) is 0 Å². The predicted molar refractivity (Wildman–Crippen MR) is 70.0 cm³/mol. The second kappa shape index (κ2) is 3.94. The molecule has 1 aromatic carbocycles. The minimum atomic E-state index is 0.0695. The molecule has 0 radical (unpaired) electrons. The molecule has 0 aliphatic heterocycles. The van der Waals surface area contributed by atoms with Gasteiger partial charge in [0.2, 0.25) is 0 Å². The van der Waals surface area contributed by atoms with Gasteiger partial charge in [-0.25, -0.2) is 0 Å². The van der Waals surface area contributed by atoms with Crippen LogP contribution in [-0.2, 0) is 5.16 Å².